The highest BCUT2D eigenvalue weighted by Crippen LogP contribution is 2.39. The molecule has 0 heterocycles. The van der Waals surface area contributed by atoms with Gasteiger partial charge in [-0.15, -0.1) is 11.6 Å². The number of sulfone groups is 1. The lowest BCUT2D eigenvalue weighted by Gasteiger charge is -2.28. The molecule has 1 rings (SSSR count). The van der Waals surface area contributed by atoms with E-state index in [0.29, 0.717) is 0 Å². The van der Waals surface area contributed by atoms with Gasteiger partial charge in [0.15, 0.2) is 9.84 Å². The molecule has 18 heavy (non-hydrogen) atoms. The van der Waals surface area contributed by atoms with E-state index in [0.717, 1.165) is 12.3 Å². The first kappa shape index (κ1) is 15.4. The Morgan fingerprint density at radius 2 is 1.72 bits per heavy atom. The van der Waals surface area contributed by atoms with E-state index in [-0.39, 0.29) is 11.1 Å². The number of hydrogen-bond donors (Lipinski definition) is 0. The zero-order valence-electron chi connectivity index (χ0n) is 10.6. The van der Waals surface area contributed by atoms with Crippen molar-refractivity contribution in [3.63, 3.8) is 0 Å². The van der Waals surface area contributed by atoms with Crippen LogP contribution < -0.4 is 0 Å². The van der Waals surface area contributed by atoms with Crippen LogP contribution in [-0.4, -0.2) is 19.4 Å². The standard InChI is InChI=1S/C12H15ClF2O2S/c1-7-5-8(10(15)6-9(7)14)11(13)12(2,3)18(4,16)17/h5-6,11H,1-4H3. The average molecular weight is 297 g/mol. The van der Waals surface area contributed by atoms with Gasteiger partial charge in [0.1, 0.15) is 11.6 Å². The molecule has 6 heteroatoms. The van der Waals surface area contributed by atoms with E-state index in [1.165, 1.54) is 26.8 Å². The Kier molecular flexibility index (Phi) is 4.08. The van der Waals surface area contributed by atoms with E-state index in [4.69, 9.17) is 11.6 Å². The Hall–Kier alpha value is -0.680. The summed E-state index contributed by atoms with van der Waals surface area (Å²) in [7, 11) is -3.48. The quantitative estimate of drug-likeness (QED) is 0.801. The third-order valence-corrected chi connectivity index (χ3v) is 6.17. The Morgan fingerprint density at radius 3 is 2.17 bits per heavy atom. The van der Waals surface area contributed by atoms with Crippen LogP contribution in [0.4, 0.5) is 8.78 Å². The maximum absolute atomic E-state index is 13.7. The van der Waals surface area contributed by atoms with Gasteiger partial charge in [0.05, 0.1) is 10.1 Å². The van der Waals surface area contributed by atoms with E-state index in [1.807, 2.05) is 0 Å². The van der Waals surface area contributed by atoms with Crippen LogP contribution >= 0.6 is 11.6 Å². The summed E-state index contributed by atoms with van der Waals surface area (Å²) < 4.78 is 48.8. The fourth-order valence-corrected chi connectivity index (χ4v) is 2.59. The molecule has 1 atom stereocenters. The zero-order chi connectivity index (χ0) is 14.3. The predicted molar refractivity (Wildman–Crippen MR) is 68.6 cm³/mol. The van der Waals surface area contributed by atoms with Gasteiger partial charge in [-0.25, -0.2) is 17.2 Å². The molecular weight excluding hydrogens is 282 g/mol. The van der Waals surface area contributed by atoms with Gasteiger partial charge in [-0.05, 0) is 32.4 Å². The van der Waals surface area contributed by atoms with Crippen molar-refractivity contribution in [2.45, 2.75) is 30.9 Å². The Morgan fingerprint density at radius 1 is 1.22 bits per heavy atom. The Balaban J connectivity index is 3.36. The SMILES string of the molecule is Cc1cc(C(Cl)C(C)(C)S(C)(=O)=O)c(F)cc1F. The van der Waals surface area contributed by atoms with E-state index >= 15 is 0 Å². The molecule has 1 unspecified atom stereocenters. The number of rotatable bonds is 3. The molecule has 0 bridgehead atoms. The molecular formula is C12H15ClF2O2S. The number of halogens is 3. The molecule has 2 nitrogen and oxygen atoms in total. The van der Waals surface area contributed by atoms with Crippen LogP contribution in [0.2, 0.25) is 0 Å². The molecule has 0 aliphatic carbocycles. The van der Waals surface area contributed by atoms with Crippen LogP contribution in [0.3, 0.4) is 0 Å². The summed E-state index contributed by atoms with van der Waals surface area (Å²) in [6, 6.07) is 1.97. The van der Waals surface area contributed by atoms with Crippen molar-refractivity contribution < 1.29 is 17.2 Å². The van der Waals surface area contributed by atoms with Gasteiger partial charge in [-0.3, -0.25) is 0 Å². The zero-order valence-corrected chi connectivity index (χ0v) is 12.2. The fraction of sp³-hybridized carbons (Fsp3) is 0.500. The first-order valence-corrected chi connectivity index (χ1v) is 7.60. The Labute approximate surface area is 111 Å². The minimum atomic E-state index is -3.48. The highest BCUT2D eigenvalue weighted by atomic mass is 35.5. The summed E-state index contributed by atoms with van der Waals surface area (Å²) in [6.45, 7) is 4.30. The largest absolute Gasteiger partial charge is 0.229 e. The van der Waals surface area contributed by atoms with Crippen LogP contribution in [0.25, 0.3) is 0 Å². The molecule has 1 aromatic carbocycles. The van der Waals surface area contributed by atoms with Crippen LogP contribution in [-0.2, 0) is 9.84 Å². The number of alkyl halides is 1. The Bertz CT molecular complexity index is 568. The van der Waals surface area contributed by atoms with Crippen molar-refractivity contribution in [2.24, 2.45) is 0 Å². The van der Waals surface area contributed by atoms with E-state index in [2.05, 4.69) is 0 Å². The van der Waals surface area contributed by atoms with E-state index in [9.17, 15) is 17.2 Å². The van der Waals surface area contributed by atoms with E-state index in [1.54, 1.807) is 0 Å². The van der Waals surface area contributed by atoms with Crippen molar-refractivity contribution in [3.05, 3.63) is 34.9 Å². The number of hydrogen-bond acceptors (Lipinski definition) is 2. The monoisotopic (exact) mass is 296 g/mol. The van der Waals surface area contributed by atoms with Gasteiger partial charge >= 0.3 is 0 Å². The van der Waals surface area contributed by atoms with Gasteiger partial charge in [0.2, 0.25) is 0 Å². The third kappa shape index (κ3) is 2.67. The maximum Gasteiger partial charge on any atom is 0.154 e. The molecule has 0 aliphatic rings. The van der Waals surface area contributed by atoms with Gasteiger partial charge in [-0.1, -0.05) is 0 Å². The fourth-order valence-electron chi connectivity index (χ4n) is 1.44. The molecule has 0 amide bonds. The summed E-state index contributed by atoms with van der Waals surface area (Å²) in [6.07, 6.45) is 1.04. The van der Waals surface area contributed by atoms with Crippen LogP contribution in [0.15, 0.2) is 12.1 Å². The summed E-state index contributed by atoms with van der Waals surface area (Å²) in [5, 5.41) is -1.09. The normalized spacial score (nSPS) is 14.6. The summed E-state index contributed by atoms with van der Waals surface area (Å²) >= 11 is 6.07. The van der Waals surface area contributed by atoms with Gasteiger partial charge in [0.25, 0.3) is 0 Å². The van der Waals surface area contributed by atoms with Gasteiger partial charge in [-0.2, -0.15) is 0 Å². The smallest absolute Gasteiger partial charge is 0.154 e. The van der Waals surface area contributed by atoms with Gasteiger partial charge < -0.3 is 0 Å². The van der Waals surface area contributed by atoms with Crippen molar-refractivity contribution in [3.8, 4) is 0 Å². The molecule has 0 fully saturated rings. The highest BCUT2D eigenvalue weighted by Gasteiger charge is 2.40. The molecule has 0 aliphatic heterocycles. The third-order valence-electron chi connectivity index (χ3n) is 3.12. The number of benzene rings is 1. The molecule has 0 spiro atoms. The topological polar surface area (TPSA) is 34.1 Å². The molecule has 102 valence electrons. The molecule has 0 radical (unpaired) electrons. The molecule has 0 saturated carbocycles. The molecule has 1 aromatic rings. The lowest BCUT2D eigenvalue weighted by atomic mass is 9.99. The second kappa shape index (κ2) is 4.78. The minimum absolute atomic E-state index is 0.00834. The maximum atomic E-state index is 13.7. The van der Waals surface area contributed by atoms with Crippen molar-refractivity contribution in [1.29, 1.82) is 0 Å². The van der Waals surface area contributed by atoms with Crippen LogP contribution in [0.5, 0.6) is 0 Å². The van der Waals surface area contributed by atoms with E-state index < -0.39 is 31.6 Å². The molecule has 0 N–H and O–H groups in total. The summed E-state index contributed by atoms with van der Waals surface area (Å²) in [4.78, 5) is 0. The first-order chi connectivity index (χ1) is 7.98. The number of aryl methyl sites for hydroxylation is 1. The summed E-state index contributed by atoms with van der Waals surface area (Å²) in [5.41, 5.74) is 0.215. The van der Waals surface area contributed by atoms with Crippen molar-refractivity contribution >= 4 is 21.4 Å². The van der Waals surface area contributed by atoms with Crippen molar-refractivity contribution in [2.75, 3.05) is 6.26 Å². The van der Waals surface area contributed by atoms with Gasteiger partial charge in [0, 0.05) is 17.9 Å². The lowest BCUT2D eigenvalue weighted by molar-refractivity contribution is 0.524. The highest BCUT2D eigenvalue weighted by molar-refractivity contribution is 7.92. The first-order valence-electron chi connectivity index (χ1n) is 5.27. The summed E-state index contributed by atoms with van der Waals surface area (Å²) in [5.74, 6) is -1.52. The van der Waals surface area contributed by atoms with Crippen molar-refractivity contribution in [1.82, 2.24) is 0 Å². The average Bonchev–Trinajstić information content (AvgIpc) is 2.20. The second-order valence-corrected chi connectivity index (χ2v) is 7.89. The van der Waals surface area contributed by atoms with Crippen LogP contribution in [0, 0.1) is 18.6 Å². The van der Waals surface area contributed by atoms with Crippen LogP contribution in [0.1, 0.15) is 30.4 Å². The predicted octanol–water partition coefficient (Wildman–Crippen LogP) is 3.38. The lowest BCUT2D eigenvalue weighted by Crippen LogP contribution is -2.35. The molecule has 0 aromatic heterocycles. The second-order valence-electron chi connectivity index (χ2n) is 4.86. The molecule has 0 saturated heterocycles. The minimum Gasteiger partial charge on any atom is -0.229 e.